The fourth-order valence-electron chi connectivity index (χ4n) is 2.52. The van der Waals surface area contributed by atoms with Gasteiger partial charge in [0.2, 0.25) is 0 Å². The maximum Gasteiger partial charge on any atom is 0.272 e. The molecule has 3 heterocycles. The molecule has 0 spiro atoms. The Morgan fingerprint density at radius 3 is 2.91 bits per heavy atom. The van der Waals surface area contributed by atoms with Crippen molar-refractivity contribution in [3.63, 3.8) is 0 Å². The van der Waals surface area contributed by atoms with Crippen LogP contribution >= 0.6 is 0 Å². The molecule has 0 saturated carbocycles. The Morgan fingerprint density at radius 1 is 1.27 bits per heavy atom. The van der Waals surface area contributed by atoms with Gasteiger partial charge in [0.05, 0.1) is 5.56 Å². The maximum atomic E-state index is 12.3. The quantitative estimate of drug-likeness (QED) is 0.931. The summed E-state index contributed by atoms with van der Waals surface area (Å²) in [5.41, 5.74) is 0.968. The summed E-state index contributed by atoms with van der Waals surface area (Å²) in [7, 11) is 0. The van der Waals surface area contributed by atoms with Gasteiger partial charge in [-0.2, -0.15) is 5.26 Å². The highest BCUT2D eigenvalue weighted by molar-refractivity contribution is 5.92. The van der Waals surface area contributed by atoms with E-state index >= 15 is 0 Å². The SMILES string of the molecule is N#Cc1cccnc1NC1CCN(C(=O)c2ccccn2)C1. The first kappa shape index (κ1) is 14.0. The van der Waals surface area contributed by atoms with E-state index in [1.54, 1.807) is 47.6 Å². The molecule has 2 aromatic rings. The molecule has 22 heavy (non-hydrogen) atoms. The van der Waals surface area contributed by atoms with Crippen molar-refractivity contribution in [3.05, 3.63) is 54.0 Å². The number of carbonyl (C=O) groups is 1. The first-order chi connectivity index (χ1) is 10.8. The highest BCUT2D eigenvalue weighted by Crippen LogP contribution is 2.18. The lowest BCUT2D eigenvalue weighted by molar-refractivity contribution is 0.0786. The molecule has 1 unspecified atom stereocenters. The molecule has 1 saturated heterocycles. The van der Waals surface area contributed by atoms with Gasteiger partial charge >= 0.3 is 0 Å². The van der Waals surface area contributed by atoms with Crippen LogP contribution in [0.25, 0.3) is 0 Å². The van der Waals surface area contributed by atoms with Gasteiger partial charge in [0.1, 0.15) is 17.6 Å². The van der Waals surface area contributed by atoms with Crippen LogP contribution < -0.4 is 5.32 Å². The number of carbonyl (C=O) groups excluding carboxylic acids is 1. The summed E-state index contributed by atoms with van der Waals surface area (Å²) in [5, 5.41) is 12.3. The first-order valence-corrected chi connectivity index (χ1v) is 7.10. The predicted molar refractivity (Wildman–Crippen MR) is 81.1 cm³/mol. The molecule has 0 aromatic carbocycles. The third kappa shape index (κ3) is 2.88. The fourth-order valence-corrected chi connectivity index (χ4v) is 2.52. The predicted octanol–water partition coefficient (Wildman–Crippen LogP) is 1.67. The Kier molecular flexibility index (Phi) is 3.97. The van der Waals surface area contributed by atoms with Crippen molar-refractivity contribution in [2.75, 3.05) is 18.4 Å². The Hall–Kier alpha value is -2.94. The van der Waals surface area contributed by atoms with Crippen LogP contribution in [0, 0.1) is 11.3 Å². The molecule has 3 rings (SSSR count). The topological polar surface area (TPSA) is 81.9 Å². The molecule has 1 amide bonds. The van der Waals surface area contributed by atoms with E-state index in [9.17, 15) is 4.79 Å². The van der Waals surface area contributed by atoms with Gasteiger partial charge in [0, 0.05) is 31.5 Å². The monoisotopic (exact) mass is 293 g/mol. The number of likely N-dealkylation sites (tertiary alicyclic amines) is 1. The molecule has 1 fully saturated rings. The minimum absolute atomic E-state index is 0.0635. The van der Waals surface area contributed by atoms with Gasteiger partial charge in [-0.25, -0.2) is 4.98 Å². The highest BCUT2D eigenvalue weighted by Gasteiger charge is 2.28. The van der Waals surface area contributed by atoms with Crippen LogP contribution in [0.15, 0.2) is 42.7 Å². The lowest BCUT2D eigenvalue weighted by atomic mass is 10.2. The number of nitrogens with one attached hydrogen (secondary N) is 1. The Labute approximate surface area is 128 Å². The molecule has 0 aliphatic carbocycles. The number of rotatable bonds is 3. The smallest absolute Gasteiger partial charge is 0.272 e. The Balaban J connectivity index is 1.66. The number of amides is 1. The fraction of sp³-hybridized carbons (Fsp3) is 0.250. The average molecular weight is 293 g/mol. The minimum Gasteiger partial charge on any atom is -0.364 e. The summed E-state index contributed by atoms with van der Waals surface area (Å²) in [4.78, 5) is 22.4. The van der Waals surface area contributed by atoms with Crippen LogP contribution in [-0.2, 0) is 0 Å². The van der Waals surface area contributed by atoms with Crippen LogP contribution in [0.2, 0.25) is 0 Å². The molecule has 110 valence electrons. The zero-order valence-electron chi connectivity index (χ0n) is 11.9. The standard InChI is InChI=1S/C16H15N5O/c17-10-12-4-3-8-19-15(12)20-13-6-9-21(11-13)16(22)14-5-1-2-7-18-14/h1-5,7-8,13H,6,9,11H2,(H,19,20). The van der Waals surface area contributed by atoms with Gasteiger partial charge in [-0.1, -0.05) is 6.07 Å². The summed E-state index contributed by atoms with van der Waals surface area (Å²) in [6, 6.07) is 11.0. The summed E-state index contributed by atoms with van der Waals surface area (Å²) in [5.74, 6) is 0.508. The van der Waals surface area contributed by atoms with Crippen molar-refractivity contribution < 1.29 is 4.79 Å². The molecule has 6 nitrogen and oxygen atoms in total. The van der Waals surface area contributed by atoms with E-state index < -0.39 is 0 Å². The summed E-state index contributed by atoms with van der Waals surface area (Å²) < 4.78 is 0. The van der Waals surface area contributed by atoms with Crippen LogP contribution in [0.5, 0.6) is 0 Å². The van der Waals surface area contributed by atoms with Gasteiger partial charge in [-0.05, 0) is 30.7 Å². The van der Waals surface area contributed by atoms with Crippen LogP contribution in [0.3, 0.4) is 0 Å². The zero-order valence-corrected chi connectivity index (χ0v) is 11.9. The number of aromatic nitrogens is 2. The highest BCUT2D eigenvalue weighted by atomic mass is 16.2. The molecule has 6 heteroatoms. The number of hydrogen-bond acceptors (Lipinski definition) is 5. The zero-order chi connectivity index (χ0) is 15.4. The van der Waals surface area contributed by atoms with Gasteiger partial charge < -0.3 is 10.2 Å². The maximum absolute atomic E-state index is 12.3. The second kappa shape index (κ2) is 6.22. The molecule has 1 aliphatic heterocycles. The number of pyridine rings is 2. The second-order valence-electron chi connectivity index (χ2n) is 5.11. The van der Waals surface area contributed by atoms with Gasteiger partial charge in [0.25, 0.3) is 5.91 Å². The molecule has 1 N–H and O–H groups in total. The van der Waals surface area contributed by atoms with E-state index in [-0.39, 0.29) is 11.9 Å². The number of nitrogens with zero attached hydrogens (tertiary/aromatic N) is 4. The average Bonchev–Trinajstić information content (AvgIpc) is 3.04. The second-order valence-corrected chi connectivity index (χ2v) is 5.11. The minimum atomic E-state index is -0.0635. The molecule has 1 aliphatic rings. The summed E-state index contributed by atoms with van der Waals surface area (Å²) >= 11 is 0. The molecular weight excluding hydrogens is 278 g/mol. The van der Waals surface area contributed by atoms with E-state index in [1.165, 1.54) is 0 Å². The molecule has 1 atom stereocenters. The normalized spacial score (nSPS) is 17.0. The molecule has 0 radical (unpaired) electrons. The van der Waals surface area contributed by atoms with Crippen molar-refractivity contribution in [2.24, 2.45) is 0 Å². The number of nitriles is 1. The number of anilines is 1. The van der Waals surface area contributed by atoms with Gasteiger partial charge in [-0.3, -0.25) is 9.78 Å². The van der Waals surface area contributed by atoms with Crippen molar-refractivity contribution in [1.29, 1.82) is 5.26 Å². The van der Waals surface area contributed by atoms with Gasteiger partial charge in [-0.15, -0.1) is 0 Å². The van der Waals surface area contributed by atoms with Crippen molar-refractivity contribution in [3.8, 4) is 6.07 Å². The molecule has 0 bridgehead atoms. The lowest BCUT2D eigenvalue weighted by Gasteiger charge is -2.17. The van der Waals surface area contributed by atoms with Crippen LogP contribution in [0.1, 0.15) is 22.5 Å². The summed E-state index contributed by atoms with van der Waals surface area (Å²) in [6.45, 7) is 1.25. The van der Waals surface area contributed by atoms with Crippen molar-refractivity contribution >= 4 is 11.7 Å². The molecule has 2 aromatic heterocycles. The largest absolute Gasteiger partial charge is 0.364 e. The van der Waals surface area contributed by atoms with E-state index in [2.05, 4.69) is 21.4 Å². The van der Waals surface area contributed by atoms with Crippen LogP contribution in [0.4, 0.5) is 5.82 Å². The Bertz CT molecular complexity index is 710. The van der Waals surface area contributed by atoms with Crippen molar-refractivity contribution in [2.45, 2.75) is 12.5 Å². The number of hydrogen-bond donors (Lipinski definition) is 1. The lowest BCUT2D eigenvalue weighted by Crippen LogP contribution is -2.32. The first-order valence-electron chi connectivity index (χ1n) is 7.10. The van der Waals surface area contributed by atoms with E-state index in [0.717, 1.165) is 6.42 Å². The third-order valence-electron chi connectivity index (χ3n) is 3.63. The van der Waals surface area contributed by atoms with E-state index in [4.69, 9.17) is 5.26 Å². The van der Waals surface area contributed by atoms with Gasteiger partial charge in [0.15, 0.2) is 0 Å². The molecular formula is C16H15N5O. The summed E-state index contributed by atoms with van der Waals surface area (Å²) in [6.07, 6.45) is 4.08. The Morgan fingerprint density at radius 2 is 2.14 bits per heavy atom. The van der Waals surface area contributed by atoms with E-state index in [0.29, 0.717) is 30.2 Å². The van der Waals surface area contributed by atoms with E-state index in [1.807, 2.05) is 0 Å². The third-order valence-corrected chi connectivity index (χ3v) is 3.63. The van der Waals surface area contributed by atoms with Crippen LogP contribution in [-0.4, -0.2) is 39.9 Å². The van der Waals surface area contributed by atoms with Crippen molar-refractivity contribution in [1.82, 2.24) is 14.9 Å².